The minimum Gasteiger partial charge on any atom is -0.508 e. The number of hydrogen-bond donors (Lipinski definition) is 2. The zero-order chi connectivity index (χ0) is 15.6. The van der Waals surface area contributed by atoms with E-state index in [1.54, 1.807) is 42.5 Å². The van der Waals surface area contributed by atoms with Gasteiger partial charge in [-0.1, -0.05) is 44.5 Å². The summed E-state index contributed by atoms with van der Waals surface area (Å²) in [7, 11) is 0. The van der Waals surface area contributed by atoms with Crippen LogP contribution >= 0.6 is 11.6 Å². The van der Waals surface area contributed by atoms with Gasteiger partial charge in [0, 0.05) is 11.1 Å². The highest BCUT2D eigenvalue weighted by Gasteiger charge is 2.20. The van der Waals surface area contributed by atoms with Gasteiger partial charge in [-0.15, -0.1) is 0 Å². The monoisotopic (exact) mass is 303 g/mol. The molecule has 0 aliphatic heterocycles. The molecule has 0 aliphatic rings. The van der Waals surface area contributed by atoms with E-state index in [9.17, 15) is 9.90 Å². The van der Waals surface area contributed by atoms with Crippen LogP contribution in [0.25, 0.3) is 0 Å². The summed E-state index contributed by atoms with van der Waals surface area (Å²) >= 11 is 6.03. The molecule has 0 fully saturated rings. The van der Waals surface area contributed by atoms with Crippen LogP contribution in [-0.4, -0.2) is 11.0 Å². The molecule has 0 aromatic heterocycles. The third-order valence-electron chi connectivity index (χ3n) is 3.19. The van der Waals surface area contributed by atoms with Crippen LogP contribution in [0.1, 0.15) is 36.7 Å². The van der Waals surface area contributed by atoms with E-state index in [-0.39, 0.29) is 17.1 Å². The Balaban J connectivity index is 2.31. The molecule has 110 valence electrons. The molecule has 2 aromatic rings. The number of phenols is 1. The summed E-state index contributed by atoms with van der Waals surface area (Å²) in [4.78, 5) is 12.3. The molecule has 0 unspecified atom stereocenters. The van der Waals surface area contributed by atoms with Gasteiger partial charge >= 0.3 is 0 Å². The number of anilines is 1. The van der Waals surface area contributed by atoms with Crippen LogP contribution in [0.3, 0.4) is 0 Å². The summed E-state index contributed by atoms with van der Waals surface area (Å²) in [6.45, 7) is 5.95. The first-order valence-corrected chi connectivity index (χ1v) is 7.06. The molecule has 2 N–H and O–H groups in total. The topological polar surface area (TPSA) is 49.3 Å². The van der Waals surface area contributed by atoms with Crippen molar-refractivity contribution in [3.8, 4) is 5.75 Å². The van der Waals surface area contributed by atoms with E-state index in [1.807, 2.05) is 20.8 Å². The molecule has 0 spiro atoms. The lowest BCUT2D eigenvalue weighted by molar-refractivity contribution is 0.102. The number of nitrogens with one attached hydrogen (secondary N) is 1. The van der Waals surface area contributed by atoms with Crippen LogP contribution in [0, 0.1) is 0 Å². The number of aromatic hydroxyl groups is 1. The quantitative estimate of drug-likeness (QED) is 0.852. The van der Waals surface area contributed by atoms with Gasteiger partial charge in [-0.05, 0) is 35.7 Å². The number of amides is 1. The van der Waals surface area contributed by atoms with Crippen molar-refractivity contribution in [1.29, 1.82) is 0 Å². The number of para-hydroxylation sites is 1. The van der Waals surface area contributed by atoms with Gasteiger partial charge in [0.15, 0.2) is 0 Å². The molecule has 0 radical (unpaired) electrons. The smallest absolute Gasteiger partial charge is 0.255 e. The Morgan fingerprint density at radius 1 is 1.14 bits per heavy atom. The molecule has 1 amide bonds. The first-order valence-electron chi connectivity index (χ1n) is 6.68. The zero-order valence-corrected chi connectivity index (χ0v) is 13.0. The van der Waals surface area contributed by atoms with Gasteiger partial charge in [-0.3, -0.25) is 4.79 Å². The van der Waals surface area contributed by atoms with Crippen LogP contribution in [-0.2, 0) is 5.41 Å². The lowest BCUT2D eigenvalue weighted by Crippen LogP contribution is -2.16. The van der Waals surface area contributed by atoms with Gasteiger partial charge < -0.3 is 10.4 Å². The third-order valence-corrected chi connectivity index (χ3v) is 3.52. The van der Waals surface area contributed by atoms with Crippen LogP contribution in [0.5, 0.6) is 5.75 Å². The Bertz CT molecular complexity index is 675. The van der Waals surface area contributed by atoms with Crippen molar-refractivity contribution in [3.05, 3.63) is 58.6 Å². The Morgan fingerprint density at radius 2 is 1.81 bits per heavy atom. The highest BCUT2D eigenvalue weighted by atomic mass is 35.5. The van der Waals surface area contributed by atoms with Crippen molar-refractivity contribution >= 4 is 23.2 Å². The normalized spacial score (nSPS) is 11.2. The van der Waals surface area contributed by atoms with E-state index in [0.29, 0.717) is 16.3 Å². The predicted molar refractivity (Wildman–Crippen MR) is 86.2 cm³/mol. The van der Waals surface area contributed by atoms with E-state index in [0.717, 1.165) is 5.56 Å². The van der Waals surface area contributed by atoms with Crippen LogP contribution in [0.15, 0.2) is 42.5 Å². The maximum Gasteiger partial charge on any atom is 0.255 e. The number of benzene rings is 2. The molecule has 3 nitrogen and oxygen atoms in total. The average Bonchev–Trinajstić information content (AvgIpc) is 2.40. The minimum atomic E-state index is -0.256. The Morgan fingerprint density at radius 3 is 2.43 bits per heavy atom. The molecule has 0 heterocycles. The van der Waals surface area contributed by atoms with Crippen LogP contribution < -0.4 is 5.32 Å². The summed E-state index contributed by atoms with van der Waals surface area (Å²) in [6.07, 6.45) is 0. The third kappa shape index (κ3) is 3.56. The molecule has 0 saturated carbocycles. The summed E-state index contributed by atoms with van der Waals surface area (Å²) in [5.41, 5.74) is 1.53. The zero-order valence-electron chi connectivity index (χ0n) is 12.3. The first kappa shape index (κ1) is 15.4. The fraction of sp³-hybridized carbons (Fsp3) is 0.235. The fourth-order valence-corrected chi connectivity index (χ4v) is 2.22. The highest BCUT2D eigenvalue weighted by molar-refractivity contribution is 6.33. The summed E-state index contributed by atoms with van der Waals surface area (Å²) < 4.78 is 0. The SMILES string of the molecule is CC(C)(C)c1cc(C(=O)Nc2ccccc2Cl)ccc1O. The van der Waals surface area contributed by atoms with Gasteiger partial charge in [-0.2, -0.15) is 0 Å². The number of rotatable bonds is 2. The van der Waals surface area contributed by atoms with E-state index in [4.69, 9.17) is 11.6 Å². The molecular weight excluding hydrogens is 286 g/mol. The Kier molecular flexibility index (Phi) is 4.24. The lowest BCUT2D eigenvalue weighted by atomic mass is 9.85. The second kappa shape index (κ2) is 5.78. The van der Waals surface area contributed by atoms with Gasteiger partial charge in [0.25, 0.3) is 5.91 Å². The molecule has 21 heavy (non-hydrogen) atoms. The fourth-order valence-electron chi connectivity index (χ4n) is 2.04. The Labute approximate surface area is 129 Å². The molecule has 0 bridgehead atoms. The second-order valence-corrected chi connectivity index (χ2v) is 6.32. The van der Waals surface area contributed by atoms with Gasteiger partial charge in [0.05, 0.1) is 10.7 Å². The van der Waals surface area contributed by atoms with Crippen molar-refractivity contribution in [2.75, 3.05) is 5.32 Å². The maximum absolute atomic E-state index is 12.3. The highest BCUT2D eigenvalue weighted by Crippen LogP contribution is 2.31. The molecular formula is C17H18ClNO2. The minimum absolute atomic E-state index is 0.191. The number of phenolic OH excluding ortho intramolecular Hbond substituents is 1. The van der Waals surface area contributed by atoms with Crippen LogP contribution in [0.2, 0.25) is 5.02 Å². The van der Waals surface area contributed by atoms with Crippen molar-refractivity contribution in [2.45, 2.75) is 26.2 Å². The standard InChI is InChI=1S/C17H18ClNO2/c1-17(2,3)12-10-11(8-9-15(12)20)16(21)19-14-7-5-4-6-13(14)18/h4-10,20H,1-3H3,(H,19,21). The molecule has 0 aliphatic carbocycles. The summed E-state index contributed by atoms with van der Waals surface area (Å²) in [6, 6.07) is 11.9. The van der Waals surface area contributed by atoms with Crippen molar-refractivity contribution in [1.82, 2.24) is 0 Å². The molecule has 2 aromatic carbocycles. The summed E-state index contributed by atoms with van der Waals surface area (Å²) in [5, 5.41) is 13.2. The predicted octanol–water partition coefficient (Wildman–Crippen LogP) is 4.60. The van der Waals surface area contributed by atoms with Crippen molar-refractivity contribution in [2.24, 2.45) is 0 Å². The largest absolute Gasteiger partial charge is 0.508 e. The number of halogens is 1. The van der Waals surface area contributed by atoms with Crippen molar-refractivity contribution in [3.63, 3.8) is 0 Å². The van der Waals surface area contributed by atoms with E-state index in [2.05, 4.69) is 5.32 Å². The van der Waals surface area contributed by atoms with E-state index in [1.165, 1.54) is 0 Å². The van der Waals surface area contributed by atoms with Gasteiger partial charge in [-0.25, -0.2) is 0 Å². The Hall–Kier alpha value is -2.00. The molecule has 0 saturated heterocycles. The molecule has 4 heteroatoms. The maximum atomic E-state index is 12.3. The molecule has 2 rings (SSSR count). The number of carbonyl (C=O) groups is 1. The summed E-state index contributed by atoms with van der Waals surface area (Å²) in [5.74, 6) is -0.0645. The van der Waals surface area contributed by atoms with Gasteiger partial charge in [0.2, 0.25) is 0 Å². The first-order chi connectivity index (χ1) is 9.79. The number of carbonyl (C=O) groups excluding carboxylic acids is 1. The van der Waals surface area contributed by atoms with Crippen LogP contribution in [0.4, 0.5) is 5.69 Å². The second-order valence-electron chi connectivity index (χ2n) is 5.92. The number of hydrogen-bond acceptors (Lipinski definition) is 2. The molecule has 0 atom stereocenters. The van der Waals surface area contributed by atoms with Gasteiger partial charge in [0.1, 0.15) is 5.75 Å². The van der Waals surface area contributed by atoms with Crippen molar-refractivity contribution < 1.29 is 9.90 Å². The van der Waals surface area contributed by atoms with E-state index >= 15 is 0 Å². The lowest BCUT2D eigenvalue weighted by Gasteiger charge is -2.21. The van der Waals surface area contributed by atoms with E-state index < -0.39 is 0 Å². The average molecular weight is 304 g/mol.